The Balaban J connectivity index is 2.47. The first-order chi connectivity index (χ1) is 8.31. The molecule has 0 aliphatic carbocycles. The molecule has 4 nitrogen and oxygen atoms in total. The summed E-state index contributed by atoms with van der Waals surface area (Å²) in [7, 11) is 4.89. The number of rotatable bonds is 8. The number of hydrogen-bond acceptors (Lipinski definition) is 4. The zero-order valence-corrected chi connectivity index (χ0v) is 10.6. The van der Waals surface area contributed by atoms with Crippen molar-refractivity contribution in [2.75, 3.05) is 34.5 Å². The second-order valence-electron chi connectivity index (χ2n) is 3.62. The molecule has 4 heteroatoms. The van der Waals surface area contributed by atoms with E-state index in [0.717, 1.165) is 5.56 Å². The zero-order valence-electron chi connectivity index (χ0n) is 10.6. The van der Waals surface area contributed by atoms with Crippen LogP contribution in [0.2, 0.25) is 0 Å². The number of benzene rings is 1. The maximum absolute atomic E-state index is 5.66. The van der Waals surface area contributed by atoms with E-state index in [9.17, 15) is 0 Å². The lowest BCUT2D eigenvalue weighted by Gasteiger charge is -2.20. The normalized spacial score (nSPS) is 14.5. The van der Waals surface area contributed by atoms with E-state index in [4.69, 9.17) is 18.9 Å². The van der Waals surface area contributed by atoms with Gasteiger partial charge in [-0.2, -0.15) is 0 Å². The van der Waals surface area contributed by atoms with Gasteiger partial charge in [-0.15, -0.1) is 0 Å². The maximum Gasteiger partial charge on any atom is 0.183 e. The molecule has 0 heterocycles. The summed E-state index contributed by atoms with van der Waals surface area (Å²) in [5.74, 6) is 0. The Morgan fingerprint density at radius 1 is 0.941 bits per heavy atom. The van der Waals surface area contributed by atoms with Crippen molar-refractivity contribution in [3.8, 4) is 0 Å². The third-order valence-corrected chi connectivity index (χ3v) is 2.41. The molecule has 0 amide bonds. The van der Waals surface area contributed by atoms with E-state index >= 15 is 0 Å². The zero-order chi connectivity index (χ0) is 12.5. The summed E-state index contributed by atoms with van der Waals surface area (Å²) in [6, 6.07) is 9.79. The highest BCUT2D eigenvalue weighted by Gasteiger charge is 2.14. The molecule has 17 heavy (non-hydrogen) atoms. The van der Waals surface area contributed by atoms with Gasteiger partial charge in [-0.1, -0.05) is 30.3 Å². The Morgan fingerprint density at radius 2 is 1.65 bits per heavy atom. The van der Waals surface area contributed by atoms with Gasteiger partial charge >= 0.3 is 0 Å². The minimum Gasteiger partial charge on any atom is -0.382 e. The molecule has 0 saturated carbocycles. The van der Waals surface area contributed by atoms with Crippen LogP contribution in [0.4, 0.5) is 0 Å². The van der Waals surface area contributed by atoms with Gasteiger partial charge in [0.25, 0.3) is 0 Å². The molecule has 0 spiro atoms. The van der Waals surface area contributed by atoms with Crippen LogP contribution in [-0.2, 0) is 18.9 Å². The molecule has 1 aromatic rings. The van der Waals surface area contributed by atoms with Crippen LogP contribution in [0.5, 0.6) is 0 Å². The fraction of sp³-hybridized carbons (Fsp3) is 0.538. The second-order valence-corrected chi connectivity index (χ2v) is 3.62. The average Bonchev–Trinajstić information content (AvgIpc) is 2.39. The van der Waals surface area contributed by atoms with Crippen molar-refractivity contribution in [1.29, 1.82) is 0 Å². The van der Waals surface area contributed by atoms with Gasteiger partial charge in [-0.05, 0) is 0 Å². The smallest absolute Gasteiger partial charge is 0.183 e. The monoisotopic (exact) mass is 240 g/mol. The van der Waals surface area contributed by atoms with Crippen LogP contribution in [0.25, 0.3) is 0 Å². The fourth-order valence-electron chi connectivity index (χ4n) is 1.48. The lowest BCUT2D eigenvalue weighted by Crippen LogP contribution is -2.25. The summed E-state index contributed by atoms with van der Waals surface area (Å²) < 4.78 is 21.2. The van der Waals surface area contributed by atoms with Crippen molar-refractivity contribution in [1.82, 2.24) is 0 Å². The Labute approximate surface area is 102 Å². The van der Waals surface area contributed by atoms with Crippen molar-refractivity contribution in [2.45, 2.75) is 12.4 Å². The standard InChI is InChI=1S/C13H20O4/c1-14-9-12(15-2)10-17-13(16-3)11-7-5-4-6-8-11/h4-8,12-13H,9-10H2,1-3H3. The van der Waals surface area contributed by atoms with Crippen LogP contribution in [-0.4, -0.2) is 40.6 Å². The topological polar surface area (TPSA) is 36.9 Å². The minimum absolute atomic E-state index is 0.0821. The van der Waals surface area contributed by atoms with Gasteiger partial charge in [0, 0.05) is 26.9 Å². The first-order valence-corrected chi connectivity index (χ1v) is 5.53. The van der Waals surface area contributed by atoms with Gasteiger partial charge in [-0.3, -0.25) is 0 Å². The fourth-order valence-corrected chi connectivity index (χ4v) is 1.48. The quantitative estimate of drug-likeness (QED) is 0.651. The highest BCUT2D eigenvalue weighted by atomic mass is 16.7. The number of hydrogen-bond donors (Lipinski definition) is 0. The molecule has 0 radical (unpaired) electrons. The average molecular weight is 240 g/mol. The first-order valence-electron chi connectivity index (χ1n) is 5.53. The van der Waals surface area contributed by atoms with Gasteiger partial charge in [0.2, 0.25) is 0 Å². The first kappa shape index (κ1) is 14.1. The van der Waals surface area contributed by atoms with Crippen molar-refractivity contribution < 1.29 is 18.9 Å². The van der Waals surface area contributed by atoms with Crippen LogP contribution in [0, 0.1) is 0 Å². The molecule has 1 aromatic carbocycles. The van der Waals surface area contributed by atoms with Crippen molar-refractivity contribution in [2.24, 2.45) is 0 Å². The van der Waals surface area contributed by atoms with E-state index < -0.39 is 0 Å². The van der Waals surface area contributed by atoms with Crippen molar-refractivity contribution in [3.05, 3.63) is 35.9 Å². The summed E-state index contributed by atoms with van der Waals surface area (Å²) >= 11 is 0. The molecule has 0 N–H and O–H groups in total. The number of ether oxygens (including phenoxy) is 4. The lowest BCUT2D eigenvalue weighted by atomic mass is 10.2. The van der Waals surface area contributed by atoms with Crippen LogP contribution in [0.1, 0.15) is 11.9 Å². The molecular formula is C13H20O4. The van der Waals surface area contributed by atoms with E-state index in [-0.39, 0.29) is 12.4 Å². The van der Waals surface area contributed by atoms with E-state index in [0.29, 0.717) is 13.2 Å². The predicted molar refractivity (Wildman–Crippen MR) is 64.8 cm³/mol. The Kier molecular flexibility index (Phi) is 6.81. The van der Waals surface area contributed by atoms with E-state index in [2.05, 4.69) is 0 Å². The maximum atomic E-state index is 5.66. The second kappa shape index (κ2) is 8.20. The summed E-state index contributed by atoms with van der Waals surface area (Å²) in [4.78, 5) is 0. The molecule has 0 bridgehead atoms. The van der Waals surface area contributed by atoms with Crippen LogP contribution in [0.15, 0.2) is 30.3 Å². The highest BCUT2D eigenvalue weighted by Crippen LogP contribution is 2.17. The lowest BCUT2D eigenvalue weighted by molar-refractivity contribution is -0.154. The molecule has 0 aromatic heterocycles. The summed E-state index contributed by atoms with van der Waals surface area (Å²) in [5, 5.41) is 0. The molecule has 1 rings (SSSR count). The molecule has 0 saturated heterocycles. The summed E-state index contributed by atoms with van der Waals surface area (Å²) in [6.45, 7) is 0.930. The predicted octanol–water partition coefficient (Wildman–Crippen LogP) is 2.01. The van der Waals surface area contributed by atoms with Gasteiger partial charge in [0.05, 0.1) is 13.2 Å². The summed E-state index contributed by atoms with van der Waals surface area (Å²) in [6.07, 6.45) is -0.452. The minimum atomic E-state index is -0.370. The molecule has 0 aliphatic heterocycles. The summed E-state index contributed by atoms with van der Waals surface area (Å²) in [5.41, 5.74) is 0.988. The van der Waals surface area contributed by atoms with Crippen LogP contribution in [0.3, 0.4) is 0 Å². The molecule has 2 unspecified atom stereocenters. The molecule has 2 atom stereocenters. The van der Waals surface area contributed by atoms with Crippen LogP contribution >= 0.6 is 0 Å². The molecule has 0 fully saturated rings. The van der Waals surface area contributed by atoms with Crippen molar-refractivity contribution in [3.63, 3.8) is 0 Å². The third kappa shape index (κ3) is 4.83. The molecule has 0 aliphatic rings. The molecule has 96 valence electrons. The van der Waals surface area contributed by atoms with E-state index in [1.807, 2.05) is 30.3 Å². The third-order valence-electron chi connectivity index (χ3n) is 2.41. The van der Waals surface area contributed by atoms with E-state index in [1.165, 1.54) is 0 Å². The van der Waals surface area contributed by atoms with Gasteiger partial charge in [-0.25, -0.2) is 0 Å². The SMILES string of the molecule is COCC(COC(OC)c1ccccc1)OC. The Bertz CT molecular complexity index is 289. The molecular weight excluding hydrogens is 220 g/mol. The van der Waals surface area contributed by atoms with Crippen LogP contribution < -0.4 is 0 Å². The Morgan fingerprint density at radius 3 is 2.18 bits per heavy atom. The van der Waals surface area contributed by atoms with Gasteiger partial charge in [0.1, 0.15) is 6.10 Å². The van der Waals surface area contributed by atoms with Gasteiger partial charge in [0.15, 0.2) is 6.29 Å². The largest absolute Gasteiger partial charge is 0.382 e. The van der Waals surface area contributed by atoms with Crippen molar-refractivity contribution >= 4 is 0 Å². The van der Waals surface area contributed by atoms with E-state index in [1.54, 1.807) is 21.3 Å². The Hall–Kier alpha value is -0.940. The van der Waals surface area contributed by atoms with Gasteiger partial charge < -0.3 is 18.9 Å². The highest BCUT2D eigenvalue weighted by molar-refractivity contribution is 5.15. The number of methoxy groups -OCH3 is 3.